The van der Waals surface area contributed by atoms with Gasteiger partial charge in [0, 0.05) is 0 Å². The summed E-state index contributed by atoms with van der Waals surface area (Å²) in [6.45, 7) is 5.67. The van der Waals surface area contributed by atoms with Gasteiger partial charge in [0.2, 0.25) is 0 Å². The van der Waals surface area contributed by atoms with Crippen molar-refractivity contribution in [2.75, 3.05) is 13.2 Å². The number of hydrogen-bond donors (Lipinski definition) is 1. The van der Waals surface area contributed by atoms with E-state index < -0.39 is 11.9 Å². The molecule has 2 N–H and O–H groups in total. The number of rotatable bonds is 6. The Morgan fingerprint density at radius 2 is 1.43 bits per heavy atom. The molecule has 0 amide bonds. The highest BCUT2D eigenvalue weighted by Crippen LogP contribution is 2.17. The third kappa shape index (κ3) is 4.34. The molecule has 0 heterocycles. The van der Waals surface area contributed by atoms with E-state index in [0.717, 1.165) is 12.0 Å². The number of esters is 2. The number of hydrogen-bond acceptors (Lipinski definition) is 5. The van der Waals surface area contributed by atoms with Gasteiger partial charge in [0.1, 0.15) is 0 Å². The lowest BCUT2D eigenvalue weighted by atomic mass is 10.0. The van der Waals surface area contributed by atoms with Crippen LogP contribution < -0.4 is 5.73 Å². The van der Waals surface area contributed by atoms with Crippen LogP contribution in [0.5, 0.6) is 0 Å². The number of carbonyl (C=O) groups excluding carboxylic acids is 2. The van der Waals surface area contributed by atoms with Gasteiger partial charge >= 0.3 is 11.9 Å². The second-order valence-corrected chi connectivity index (χ2v) is 4.28. The van der Waals surface area contributed by atoms with Crippen molar-refractivity contribution in [3.05, 3.63) is 41.0 Å². The third-order valence-electron chi connectivity index (χ3n) is 2.90. The Kier molecular flexibility index (Phi) is 6.46. The minimum Gasteiger partial charge on any atom is -0.462 e. The van der Waals surface area contributed by atoms with Crippen LogP contribution >= 0.6 is 0 Å². The molecule has 5 nitrogen and oxygen atoms in total. The fourth-order valence-corrected chi connectivity index (χ4v) is 1.77. The molecule has 0 atom stereocenters. The van der Waals surface area contributed by atoms with E-state index >= 15 is 0 Å². The van der Waals surface area contributed by atoms with Gasteiger partial charge in [0.15, 0.2) is 5.57 Å². The Balaban J connectivity index is 3.23. The number of nitrogens with two attached hydrogens (primary N) is 1. The van der Waals surface area contributed by atoms with Gasteiger partial charge in [-0.2, -0.15) is 0 Å². The van der Waals surface area contributed by atoms with Gasteiger partial charge < -0.3 is 15.2 Å². The normalized spacial score (nSPS) is 9.86. The highest BCUT2D eigenvalue weighted by atomic mass is 16.6. The summed E-state index contributed by atoms with van der Waals surface area (Å²) in [5, 5.41) is 0. The second-order valence-electron chi connectivity index (χ2n) is 4.28. The summed E-state index contributed by atoms with van der Waals surface area (Å²) in [5.74, 6) is -1.54. The maximum atomic E-state index is 11.9. The first-order chi connectivity index (χ1) is 10.0. The molecule has 0 aromatic heterocycles. The predicted molar refractivity (Wildman–Crippen MR) is 80.2 cm³/mol. The van der Waals surface area contributed by atoms with Crippen LogP contribution in [-0.2, 0) is 25.5 Å². The van der Waals surface area contributed by atoms with Gasteiger partial charge in [-0.1, -0.05) is 31.2 Å². The first kappa shape index (κ1) is 16.8. The molecule has 0 radical (unpaired) electrons. The number of ether oxygens (including phenoxy) is 2. The van der Waals surface area contributed by atoms with Crippen LogP contribution in [0.25, 0.3) is 5.70 Å². The number of aryl methyl sites for hydroxylation is 1. The Bertz CT molecular complexity index is 512. The van der Waals surface area contributed by atoms with Crippen LogP contribution in [0.2, 0.25) is 0 Å². The summed E-state index contributed by atoms with van der Waals surface area (Å²) in [6.07, 6.45) is 0.895. The minimum absolute atomic E-state index is 0.0644. The lowest BCUT2D eigenvalue weighted by Gasteiger charge is -2.11. The Morgan fingerprint density at radius 3 is 1.81 bits per heavy atom. The van der Waals surface area contributed by atoms with Crippen molar-refractivity contribution in [3.8, 4) is 0 Å². The van der Waals surface area contributed by atoms with Crippen LogP contribution in [-0.4, -0.2) is 25.2 Å². The zero-order valence-electron chi connectivity index (χ0n) is 12.6. The molecule has 0 aliphatic carbocycles. The monoisotopic (exact) mass is 291 g/mol. The molecule has 5 heteroatoms. The van der Waals surface area contributed by atoms with Crippen LogP contribution in [0.4, 0.5) is 0 Å². The van der Waals surface area contributed by atoms with Crippen molar-refractivity contribution in [1.29, 1.82) is 0 Å². The van der Waals surface area contributed by atoms with Crippen molar-refractivity contribution in [1.82, 2.24) is 0 Å². The SMILES string of the molecule is CCOC(=O)C(C(=O)OCC)=C(N)c1ccc(CC)cc1. The lowest BCUT2D eigenvalue weighted by Crippen LogP contribution is -2.22. The average molecular weight is 291 g/mol. The summed E-state index contributed by atoms with van der Waals surface area (Å²) >= 11 is 0. The van der Waals surface area contributed by atoms with E-state index in [2.05, 4.69) is 0 Å². The second kappa shape index (κ2) is 8.09. The van der Waals surface area contributed by atoms with Crippen molar-refractivity contribution in [3.63, 3.8) is 0 Å². The quantitative estimate of drug-likeness (QED) is 0.375. The van der Waals surface area contributed by atoms with Gasteiger partial charge in [-0.25, -0.2) is 9.59 Å². The van der Waals surface area contributed by atoms with Crippen molar-refractivity contribution in [2.24, 2.45) is 5.73 Å². The van der Waals surface area contributed by atoms with Crippen molar-refractivity contribution in [2.45, 2.75) is 27.2 Å². The minimum atomic E-state index is -0.770. The van der Waals surface area contributed by atoms with E-state index in [-0.39, 0.29) is 24.5 Å². The van der Waals surface area contributed by atoms with Gasteiger partial charge in [0.05, 0.1) is 18.9 Å². The van der Waals surface area contributed by atoms with Crippen LogP contribution in [0, 0.1) is 0 Å². The zero-order chi connectivity index (χ0) is 15.8. The largest absolute Gasteiger partial charge is 0.462 e. The molecule has 0 unspecified atom stereocenters. The molecule has 1 rings (SSSR count). The van der Waals surface area contributed by atoms with E-state index in [1.165, 1.54) is 0 Å². The number of carbonyl (C=O) groups is 2. The van der Waals surface area contributed by atoms with Crippen molar-refractivity contribution < 1.29 is 19.1 Å². The Labute approximate surface area is 124 Å². The lowest BCUT2D eigenvalue weighted by molar-refractivity contribution is -0.146. The molecule has 0 spiro atoms. The van der Waals surface area contributed by atoms with Gasteiger partial charge in [-0.3, -0.25) is 0 Å². The average Bonchev–Trinajstić information content (AvgIpc) is 2.48. The van der Waals surface area contributed by atoms with E-state index in [4.69, 9.17) is 15.2 Å². The topological polar surface area (TPSA) is 78.6 Å². The van der Waals surface area contributed by atoms with E-state index in [0.29, 0.717) is 5.56 Å². The molecule has 0 fully saturated rings. The van der Waals surface area contributed by atoms with Gasteiger partial charge in [-0.15, -0.1) is 0 Å². The standard InChI is InChI=1S/C16H21NO4/c1-4-11-7-9-12(10-8-11)14(17)13(15(18)20-5-2)16(19)21-6-3/h7-10H,4-6,17H2,1-3H3. The first-order valence-electron chi connectivity index (χ1n) is 6.98. The molecule has 1 aromatic rings. The third-order valence-corrected chi connectivity index (χ3v) is 2.90. The van der Waals surface area contributed by atoms with Crippen molar-refractivity contribution >= 4 is 17.6 Å². The van der Waals surface area contributed by atoms with E-state index in [1.54, 1.807) is 26.0 Å². The summed E-state index contributed by atoms with van der Waals surface area (Å²) in [6, 6.07) is 7.34. The summed E-state index contributed by atoms with van der Waals surface area (Å²) in [5.41, 5.74) is 7.50. The summed E-state index contributed by atoms with van der Waals surface area (Å²) in [4.78, 5) is 23.9. The fourth-order valence-electron chi connectivity index (χ4n) is 1.77. The molecular formula is C16H21NO4. The van der Waals surface area contributed by atoms with Crippen LogP contribution in [0.3, 0.4) is 0 Å². The molecular weight excluding hydrogens is 270 g/mol. The maximum Gasteiger partial charge on any atom is 0.347 e. The van der Waals surface area contributed by atoms with E-state index in [9.17, 15) is 9.59 Å². The van der Waals surface area contributed by atoms with Crippen LogP contribution in [0.1, 0.15) is 31.9 Å². The molecule has 0 bridgehead atoms. The molecule has 1 aromatic carbocycles. The summed E-state index contributed by atoms with van der Waals surface area (Å²) in [7, 11) is 0. The highest BCUT2D eigenvalue weighted by molar-refractivity contribution is 6.19. The fraction of sp³-hybridized carbons (Fsp3) is 0.375. The smallest absolute Gasteiger partial charge is 0.347 e. The molecule has 0 saturated carbocycles. The maximum absolute atomic E-state index is 11.9. The molecule has 114 valence electrons. The highest BCUT2D eigenvalue weighted by Gasteiger charge is 2.25. The van der Waals surface area contributed by atoms with E-state index in [1.807, 2.05) is 19.1 Å². The van der Waals surface area contributed by atoms with Gasteiger partial charge in [0.25, 0.3) is 0 Å². The summed E-state index contributed by atoms with van der Waals surface area (Å²) < 4.78 is 9.76. The van der Waals surface area contributed by atoms with Crippen LogP contribution in [0.15, 0.2) is 29.8 Å². The Hall–Kier alpha value is -2.30. The molecule has 0 aliphatic heterocycles. The van der Waals surface area contributed by atoms with Gasteiger partial charge in [-0.05, 0) is 31.4 Å². The first-order valence-corrected chi connectivity index (χ1v) is 6.98. The zero-order valence-corrected chi connectivity index (χ0v) is 12.6. The molecule has 0 saturated heterocycles. The molecule has 21 heavy (non-hydrogen) atoms. The number of benzene rings is 1. The molecule has 0 aliphatic rings. The predicted octanol–water partition coefficient (Wildman–Crippen LogP) is 2.04. The Morgan fingerprint density at radius 1 is 0.952 bits per heavy atom.